The Morgan fingerprint density at radius 1 is 1.24 bits per heavy atom. The van der Waals surface area contributed by atoms with Gasteiger partial charge in [-0.1, -0.05) is 11.2 Å². The highest BCUT2D eigenvalue weighted by atomic mass is 19.4. The zero-order valence-corrected chi connectivity index (χ0v) is 10.1. The molecule has 0 unspecified atom stereocenters. The van der Waals surface area contributed by atoms with Crippen LogP contribution in [0.25, 0.3) is 22.5 Å². The molecule has 3 rings (SSSR count). The fourth-order valence-corrected chi connectivity index (χ4v) is 1.89. The lowest BCUT2D eigenvalue weighted by molar-refractivity contribution is -0.137. The van der Waals surface area contributed by atoms with E-state index in [2.05, 4.69) is 5.16 Å². The molecule has 2 heterocycles. The zero-order chi connectivity index (χ0) is 15.2. The second-order valence-electron chi connectivity index (χ2n) is 4.23. The molecule has 0 saturated carbocycles. The Morgan fingerprint density at radius 2 is 2.00 bits per heavy atom. The smallest absolute Gasteiger partial charge is 0.416 e. The molecule has 1 aromatic carbocycles. The Bertz CT molecular complexity index is 831. The lowest BCUT2D eigenvalue weighted by Crippen LogP contribution is -2.03. The molecule has 0 saturated heterocycles. The summed E-state index contributed by atoms with van der Waals surface area (Å²) in [4.78, 5) is 11.0. The molecule has 0 aliphatic carbocycles. The van der Waals surface area contributed by atoms with Crippen molar-refractivity contribution >= 4 is 16.9 Å². The molecule has 2 aromatic heterocycles. The quantitative estimate of drug-likeness (QED) is 0.778. The van der Waals surface area contributed by atoms with Crippen molar-refractivity contribution < 1.29 is 32.0 Å². The zero-order valence-electron chi connectivity index (χ0n) is 10.1. The predicted molar refractivity (Wildman–Crippen MR) is 63.7 cm³/mol. The molecule has 5 nitrogen and oxygen atoms in total. The molecule has 3 aromatic rings. The number of nitrogens with zero attached hydrogens (tertiary/aromatic N) is 1. The number of alkyl halides is 3. The first-order valence-electron chi connectivity index (χ1n) is 5.65. The summed E-state index contributed by atoms with van der Waals surface area (Å²) in [6, 6.07) is 4.39. The van der Waals surface area contributed by atoms with Crippen LogP contribution in [0.5, 0.6) is 0 Å². The number of rotatable bonds is 2. The first-order chi connectivity index (χ1) is 9.86. The van der Waals surface area contributed by atoms with E-state index < -0.39 is 17.7 Å². The van der Waals surface area contributed by atoms with Gasteiger partial charge in [0.2, 0.25) is 5.76 Å². The number of aromatic nitrogens is 1. The summed E-state index contributed by atoms with van der Waals surface area (Å²) in [7, 11) is 0. The second-order valence-corrected chi connectivity index (χ2v) is 4.23. The third-order valence-corrected chi connectivity index (χ3v) is 2.87. The number of benzene rings is 1. The van der Waals surface area contributed by atoms with Crippen LogP contribution in [-0.2, 0) is 6.18 Å². The van der Waals surface area contributed by atoms with Crippen LogP contribution in [0.15, 0.2) is 39.4 Å². The van der Waals surface area contributed by atoms with Crippen LogP contribution in [0.4, 0.5) is 13.2 Å². The van der Waals surface area contributed by atoms with Crippen LogP contribution in [-0.4, -0.2) is 16.2 Å². The topological polar surface area (TPSA) is 76.5 Å². The summed E-state index contributed by atoms with van der Waals surface area (Å²) in [5.74, 6) is -1.42. The molecule has 0 atom stereocenters. The van der Waals surface area contributed by atoms with E-state index in [1.165, 1.54) is 12.1 Å². The SMILES string of the molecule is O=C(O)c1cnoc1-c1cc2ccc(C(F)(F)F)cc2o1. The maximum absolute atomic E-state index is 12.6. The van der Waals surface area contributed by atoms with Crippen LogP contribution in [0, 0.1) is 0 Å². The molecule has 0 aliphatic rings. The van der Waals surface area contributed by atoms with E-state index in [9.17, 15) is 18.0 Å². The third kappa shape index (κ3) is 2.24. The Hall–Kier alpha value is -2.77. The molecule has 108 valence electrons. The van der Waals surface area contributed by atoms with Gasteiger partial charge in [-0.2, -0.15) is 13.2 Å². The molecule has 0 bridgehead atoms. The molecular formula is C13H6F3NO4. The third-order valence-electron chi connectivity index (χ3n) is 2.87. The van der Waals surface area contributed by atoms with Crippen molar-refractivity contribution in [2.75, 3.05) is 0 Å². The molecule has 0 amide bonds. The Morgan fingerprint density at radius 3 is 2.67 bits per heavy atom. The summed E-state index contributed by atoms with van der Waals surface area (Å²) in [6.07, 6.45) is -3.49. The standard InChI is InChI=1S/C13H6F3NO4/c14-13(15,16)7-2-1-6-3-10(20-9(6)4-7)11-8(12(18)19)5-17-21-11/h1-5H,(H,18,19). The second kappa shape index (κ2) is 4.37. The van der Waals surface area contributed by atoms with Crippen molar-refractivity contribution in [2.45, 2.75) is 6.18 Å². The summed E-state index contributed by atoms with van der Waals surface area (Å²) in [5, 5.41) is 12.7. The van der Waals surface area contributed by atoms with Crippen LogP contribution >= 0.6 is 0 Å². The highest BCUT2D eigenvalue weighted by molar-refractivity contribution is 5.94. The van der Waals surface area contributed by atoms with E-state index in [1.807, 2.05) is 0 Å². The van der Waals surface area contributed by atoms with Gasteiger partial charge < -0.3 is 14.0 Å². The summed E-state index contributed by atoms with van der Waals surface area (Å²) in [5.41, 5.74) is -1.11. The van der Waals surface area contributed by atoms with Crippen LogP contribution in [0.2, 0.25) is 0 Å². The molecular weight excluding hydrogens is 291 g/mol. The van der Waals surface area contributed by atoms with E-state index in [4.69, 9.17) is 14.0 Å². The first-order valence-corrected chi connectivity index (χ1v) is 5.65. The number of furan rings is 1. The van der Waals surface area contributed by atoms with Crippen molar-refractivity contribution in [3.05, 3.63) is 41.6 Å². The maximum Gasteiger partial charge on any atom is 0.416 e. The van der Waals surface area contributed by atoms with Gasteiger partial charge in [0.25, 0.3) is 0 Å². The number of hydrogen-bond acceptors (Lipinski definition) is 4. The van der Waals surface area contributed by atoms with Crippen molar-refractivity contribution in [2.24, 2.45) is 0 Å². The van der Waals surface area contributed by atoms with Gasteiger partial charge in [0.1, 0.15) is 11.1 Å². The number of carboxylic acids is 1. The number of fused-ring (bicyclic) bond motifs is 1. The van der Waals surface area contributed by atoms with Crippen molar-refractivity contribution in [1.82, 2.24) is 5.16 Å². The molecule has 0 fully saturated rings. The Kier molecular flexibility index (Phi) is 2.75. The molecule has 0 spiro atoms. The minimum absolute atomic E-state index is 0.000718. The largest absolute Gasteiger partial charge is 0.477 e. The summed E-state index contributed by atoms with van der Waals surface area (Å²) < 4.78 is 47.9. The minimum Gasteiger partial charge on any atom is -0.477 e. The Balaban J connectivity index is 2.13. The number of aromatic carboxylic acids is 1. The van der Waals surface area contributed by atoms with Crippen molar-refractivity contribution in [1.29, 1.82) is 0 Å². The summed E-state index contributed by atoms with van der Waals surface area (Å²) >= 11 is 0. The monoisotopic (exact) mass is 297 g/mol. The molecule has 1 N–H and O–H groups in total. The number of carboxylic acid groups (broad SMARTS) is 1. The van der Waals surface area contributed by atoms with Gasteiger partial charge in [0, 0.05) is 5.39 Å². The molecule has 8 heteroatoms. The molecule has 0 aliphatic heterocycles. The number of halogens is 3. The highest BCUT2D eigenvalue weighted by Gasteiger charge is 2.31. The summed E-state index contributed by atoms with van der Waals surface area (Å²) in [6.45, 7) is 0. The fraction of sp³-hybridized carbons (Fsp3) is 0.0769. The predicted octanol–water partition coefficient (Wildman–Crippen LogP) is 3.80. The number of hydrogen-bond donors (Lipinski definition) is 1. The lowest BCUT2D eigenvalue weighted by atomic mass is 10.1. The van der Waals surface area contributed by atoms with Crippen LogP contribution in [0.1, 0.15) is 15.9 Å². The highest BCUT2D eigenvalue weighted by Crippen LogP contribution is 2.35. The molecule has 0 radical (unpaired) electrons. The maximum atomic E-state index is 12.6. The average molecular weight is 297 g/mol. The van der Waals surface area contributed by atoms with Crippen molar-refractivity contribution in [3.8, 4) is 11.5 Å². The van der Waals surface area contributed by atoms with E-state index in [1.54, 1.807) is 0 Å². The molecule has 21 heavy (non-hydrogen) atoms. The van der Waals surface area contributed by atoms with Crippen molar-refractivity contribution in [3.63, 3.8) is 0 Å². The van der Waals surface area contributed by atoms with E-state index in [0.717, 1.165) is 18.3 Å². The van der Waals surface area contributed by atoms with Crippen LogP contribution in [0.3, 0.4) is 0 Å². The van der Waals surface area contributed by atoms with Gasteiger partial charge in [-0.15, -0.1) is 0 Å². The van der Waals surface area contributed by atoms with Gasteiger partial charge in [-0.25, -0.2) is 4.79 Å². The van der Waals surface area contributed by atoms with Gasteiger partial charge in [0.05, 0.1) is 11.8 Å². The van der Waals surface area contributed by atoms with E-state index in [-0.39, 0.29) is 22.7 Å². The Labute approximate surface area is 114 Å². The van der Waals surface area contributed by atoms with E-state index in [0.29, 0.717) is 5.39 Å². The van der Waals surface area contributed by atoms with Gasteiger partial charge in [0.15, 0.2) is 5.76 Å². The normalized spacial score (nSPS) is 12.0. The van der Waals surface area contributed by atoms with E-state index >= 15 is 0 Å². The average Bonchev–Trinajstić information content (AvgIpc) is 3.02. The first kappa shape index (κ1) is 13.2. The lowest BCUT2D eigenvalue weighted by Gasteiger charge is -2.04. The van der Waals surface area contributed by atoms with Gasteiger partial charge in [-0.3, -0.25) is 0 Å². The van der Waals surface area contributed by atoms with Gasteiger partial charge in [-0.05, 0) is 18.2 Å². The van der Waals surface area contributed by atoms with Gasteiger partial charge >= 0.3 is 12.1 Å². The minimum atomic E-state index is -4.49. The number of carbonyl (C=O) groups is 1. The van der Waals surface area contributed by atoms with Crippen LogP contribution < -0.4 is 0 Å². The fourth-order valence-electron chi connectivity index (χ4n) is 1.89.